The lowest BCUT2D eigenvalue weighted by Crippen LogP contribution is -2.27. The van der Waals surface area contributed by atoms with E-state index in [0.717, 1.165) is 23.0 Å². The molecule has 0 radical (unpaired) electrons. The molecule has 1 atom stereocenters. The first-order valence-electron chi connectivity index (χ1n) is 9.59. The molecule has 0 aliphatic heterocycles. The molecule has 1 amide bonds. The summed E-state index contributed by atoms with van der Waals surface area (Å²) in [5, 5.41) is 18.1. The molecule has 0 fully saturated rings. The lowest BCUT2D eigenvalue weighted by Gasteiger charge is -2.15. The van der Waals surface area contributed by atoms with Crippen LogP contribution in [0.2, 0.25) is 0 Å². The second-order valence-electron chi connectivity index (χ2n) is 7.22. The van der Waals surface area contributed by atoms with Crippen molar-refractivity contribution in [1.82, 2.24) is 15.1 Å². The Morgan fingerprint density at radius 3 is 2.41 bits per heavy atom. The van der Waals surface area contributed by atoms with E-state index < -0.39 is 15.0 Å². The molecule has 3 rings (SSSR count). The highest BCUT2D eigenvalue weighted by molar-refractivity contribution is 7.87. The van der Waals surface area contributed by atoms with E-state index in [1.165, 1.54) is 42.5 Å². The molecule has 0 saturated carbocycles. The van der Waals surface area contributed by atoms with Gasteiger partial charge in [-0.3, -0.25) is 19.6 Å². The van der Waals surface area contributed by atoms with E-state index in [2.05, 4.69) is 10.4 Å². The second kappa shape index (κ2) is 8.79. The van der Waals surface area contributed by atoms with Crippen LogP contribution in [-0.2, 0) is 17.2 Å². The van der Waals surface area contributed by atoms with Crippen LogP contribution >= 0.6 is 0 Å². The van der Waals surface area contributed by atoms with Gasteiger partial charge in [0.2, 0.25) is 0 Å². The zero-order valence-corrected chi connectivity index (χ0v) is 18.7. The topological polar surface area (TPSA) is 133 Å². The molecule has 168 valence electrons. The maximum Gasteiger partial charge on any atom is 0.339 e. The van der Waals surface area contributed by atoms with Crippen molar-refractivity contribution in [3.05, 3.63) is 81.2 Å². The van der Waals surface area contributed by atoms with Gasteiger partial charge in [0.1, 0.15) is 10.6 Å². The molecule has 0 aliphatic carbocycles. The molecule has 0 spiro atoms. The Balaban J connectivity index is 1.72. The first-order valence-corrected chi connectivity index (χ1v) is 11.0. The van der Waals surface area contributed by atoms with E-state index in [1.54, 1.807) is 4.68 Å². The number of hydrogen-bond donors (Lipinski definition) is 1. The van der Waals surface area contributed by atoms with Crippen LogP contribution in [0, 0.1) is 24.0 Å². The number of benzene rings is 2. The first kappa shape index (κ1) is 22.9. The summed E-state index contributed by atoms with van der Waals surface area (Å²) >= 11 is 0. The molecule has 2 aromatic carbocycles. The van der Waals surface area contributed by atoms with Crippen LogP contribution in [0.15, 0.2) is 53.4 Å². The van der Waals surface area contributed by atoms with Gasteiger partial charge in [-0.2, -0.15) is 13.5 Å². The molecule has 1 unspecified atom stereocenters. The Kier molecular flexibility index (Phi) is 6.30. The van der Waals surface area contributed by atoms with E-state index in [9.17, 15) is 23.3 Å². The number of nitrogens with zero attached hydrogens (tertiary/aromatic N) is 3. The summed E-state index contributed by atoms with van der Waals surface area (Å²) in [5.74, 6) is -0.367. The number of amides is 1. The minimum atomic E-state index is -4.28. The summed E-state index contributed by atoms with van der Waals surface area (Å²) in [6.07, 6.45) is 0. The Morgan fingerprint density at radius 1 is 1.19 bits per heavy atom. The average Bonchev–Trinajstić information content (AvgIpc) is 2.99. The smallest absolute Gasteiger partial charge is 0.339 e. The number of hydrogen-bond acceptors (Lipinski definition) is 7. The number of nitrogens with one attached hydrogen (secondary N) is 1. The predicted molar refractivity (Wildman–Crippen MR) is 116 cm³/mol. The quantitative estimate of drug-likeness (QED) is 0.326. The Bertz CT molecular complexity index is 1280. The predicted octanol–water partition coefficient (Wildman–Crippen LogP) is 3.20. The fraction of sp³-hybridized carbons (Fsp3) is 0.238. The van der Waals surface area contributed by atoms with E-state index in [-0.39, 0.29) is 28.3 Å². The Morgan fingerprint density at radius 2 is 1.84 bits per heavy atom. The van der Waals surface area contributed by atoms with E-state index in [4.69, 9.17) is 4.18 Å². The van der Waals surface area contributed by atoms with Gasteiger partial charge in [-0.15, -0.1) is 0 Å². The third-order valence-corrected chi connectivity index (χ3v) is 6.23. The Labute approximate surface area is 185 Å². The Hall–Kier alpha value is -3.73. The molecule has 1 N–H and O–H groups in total. The van der Waals surface area contributed by atoms with Crippen molar-refractivity contribution in [3.8, 4) is 5.75 Å². The van der Waals surface area contributed by atoms with Crippen LogP contribution in [0.25, 0.3) is 0 Å². The minimum Gasteiger partial charge on any atom is -0.379 e. The molecule has 0 bridgehead atoms. The van der Waals surface area contributed by atoms with E-state index >= 15 is 0 Å². The summed E-state index contributed by atoms with van der Waals surface area (Å²) < 4.78 is 31.7. The zero-order chi connectivity index (χ0) is 23.6. The van der Waals surface area contributed by atoms with Crippen molar-refractivity contribution in [1.29, 1.82) is 0 Å². The van der Waals surface area contributed by atoms with Gasteiger partial charge < -0.3 is 9.50 Å². The molecule has 3 aromatic rings. The van der Waals surface area contributed by atoms with Gasteiger partial charge in [0.25, 0.3) is 11.6 Å². The lowest BCUT2D eigenvalue weighted by molar-refractivity contribution is -0.385. The number of aromatic nitrogens is 2. The van der Waals surface area contributed by atoms with Crippen molar-refractivity contribution in [2.45, 2.75) is 31.7 Å². The first-order chi connectivity index (χ1) is 15.0. The largest absolute Gasteiger partial charge is 0.379 e. The number of carbonyl (C=O) groups excluding carboxylic acids is 1. The zero-order valence-electron chi connectivity index (χ0n) is 17.9. The van der Waals surface area contributed by atoms with Gasteiger partial charge >= 0.3 is 10.1 Å². The molecule has 11 heteroatoms. The van der Waals surface area contributed by atoms with E-state index in [1.807, 2.05) is 27.8 Å². The van der Waals surface area contributed by atoms with Gasteiger partial charge in [0.05, 0.1) is 16.7 Å². The number of rotatable bonds is 7. The second-order valence-corrected chi connectivity index (χ2v) is 8.77. The molecule has 0 saturated heterocycles. The SMILES string of the molecule is Cc1nn(C)c(C)c1C(C)NC(=O)c1ccc(OS(=O)(=O)c2cccc([N+](=O)[O-])c2)cc1. The highest BCUT2D eigenvalue weighted by Crippen LogP contribution is 2.24. The molecule has 10 nitrogen and oxygen atoms in total. The molecule has 1 heterocycles. The molecule has 1 aromatic heterocycles. The van der Waals surface area contributed by atoms with Crippen LogP contribution in [0.3, 0.4) is 0 Å². The monoisotopic (exact) mass is 458 g/mol. The number of nitro groups is 1. The molecule has 0 aliphatic rings. The van der Waals surface area contributed by atoms with Crippen LogP contribution in [0.5, 0.6) is 5.75 Å². The number of nitro benzene ring substituents is 1. The number of carbonyl (C=O) groups is 1. The van der Waals surface area contributed by atoms with Crippen LogP contribution in [0.1, 0.15) is 40.3 Å². The highest BCUT2D eigenvalue weighted by atomic mass is 32.2. The lowest BCUT2D eigenvalue weighted by atomic mass is 10.1. The van der Waals surface area contributed by atoms with Crippen molar-refractivity contribution in [3.63, 3.8) is 0 Å². The van der Waals surface area contributed by atoms with Crippen LogP contribution in [0.4, 0.5) is 5.69 Å². The van der Waals surface area contributed by atoms with Crippen molar-refractivity contribution in [2.24, 2.45) is 7.05 Å². The summed E-state index contributed by atoms with van der Waals surface area (Å²) in [4.78, 5) is 22.5. The van der Waals surface area contributed by atoms with Crippen molar-refractivity contribution in [2.75, 3.05) is 0 Å². The third-order valence-electron chi connectivity index (χ3n) is 4.99. The number of non-ortho nitro benzene ring substituents is 1. The van der Waals surface area contributed by atoms with Crippen molar-refractivity contribution < 1.29 is 22.3 Å². The van der Waals surface area contributed by atoms with E-state index in [0.29, 0.717) is 5.56 Å². The van der Waals surface area contributed by atoms with Gasteiger partial charge in [-0.1, -0.05) is 6.07 Å². The van der Waals surface area contributed by atoms with Gasteiger partial charge in [-0.25, -0.2) is 0 Å². The summed E-state index contributed by atoms with van der Waals surface area (Å²) in [5.41, 5.74) is 2.66. The highest BCUT2D eigenvalue weighted by Gasteiger charge is 2.21. The molecular weight excluding hydrogens is 436 g/mol. The number of aryl methyl sites for hydroxylation is 2. The summed E-state index contributed by atoms with van der Waals surface area (Å²) in [7, 11) is -2.44. The average molecular weight is 458 g/mol. The molecule has 32 heavy (non-hydrogen) atoms. The summed E-state index contributed by atoms with van der Waals surface area (Å²) in [6, 6.07) is 9.84. The summed E-state index contributed by atoms with van der Waals surface area (Å²) in [6.45, 7) is 5.66. The van der Waals surface area contributed by atoms with Gasteiger partial charge in [-0.05, 0) is 51.1 Å². The van der Waals surface area contributed by atoms with Crippen LogP contribution in [-0.4, -0.2) is 29.0 Å². The standard InChI is InChI=1S/C21H22N4O6S/c1-13(20-14(2)23-24(4)15(20)3)22-21(26)16-8-10-18(11-9-16)31-32(29,30)19-7-5-6-17(12-19)25(27)28/h5-13H,1-4H3,(H,22,26). The minimum absolute atomic E-state index is 0.0277. The van der Waals surface area contributed by atoms with Crippen molar-refractivity contribution >= 4 is 21.7 Å². The normalized spacial score (nSPS) is 12.2. The third kappa shape index (κ3) is 4.78. The van der Waals surface area contributed by atoms with Gasteiger partial charge in [0.15, 0.2) is 0 Å². The maximum absolute atomic E-state index is 12.6. The maximum atomic E-state index is 12.6. The fourth-order valence-electron chi connectivity index (χ4n) is 3.36. The fourth-order valence-corrected chi connectivity index (χ4v) is 4.33. The molecular formula is C21H22N4O6S. The van der Waals surface area contributed by atoms with Crippen LogP contribution < -0.4 is 9.50 Å². The van der Waals surface area contributed by atoms with Gasteiger partial charge in [0, 0.05) is 36.0 Å².